The molecule has 1 aliphatic rings. The molecule has 1 aromatic carbocycles. The van der Waals surface area contributed by atoms with Crippen LogP contribution < -0.4 is 5.32 Å². The normalized spacial score (nSPS) is 26.3. The van der Waals surface area contributed by atoms with E-state index in [-0.39, 0.29) is 5.82 Å². The van der Waals surface area contributed by atoms with Crippen molar-refractivity contribution in [2.24, 2.45) is 0 Å². The van der Waals surface area contributed by atoms with Crippen molar-refractivity contribution in [1.29, 1.82) is 0 Å². The standard InChI is InChI=1S/C16H25FN2/c1-4-5-16-11-19(12(2)10-18-16)13(3)14-6-8-15(17)9-7-14/h6-9,12-13,16,18H,4-5,10-11H2,1-3H3. The van der Waals surface area contributed by atoms with Crippen molar-refractivity contribution >= 4 is 0 Å². The van der Waals surface area contributed by atoms with Crippen LogP contribution in [0.3, 0.4) is 0 Å². The van der Waals surface area contributed by atoms with Gasteiger partial charge in [0.15, 0.2) is 0 Å². The van der Waals surface area contributed by atoms with Crippen molar-refractivity contribution in [2.45, 2.75) is 51.7 Å². The molecule has 1 N–H and O–H groups in total. The molecule has 0 amide bonds. The highest BCUT2D eigenvalue weighted by molar-refractivity contribution is 5.20. The van der Waals surface area contributed by atoms with Gasteiger partial charge in [0.2, 0.25) is 0 Å². The molecule has 3 atom stereocenters. The Morgan fingerprint density at radius 1 is 1.37 bits per heavy atom. The first-order chi connectivity index (χ1) is 9.11. The molecule has 1 fully saturated rings. The number of benzene rings is 1. The van der Waals surface area contributed by atoms with Crippen molar-refractivity contribution in [1.82, 2.24) is 10.2 Å². The Labute approximate surface area is 116 Å². The topological polar surface area (TPSA) is 15.3 Å². The Hall–Kier alpha value is -0.930. The third-order valence-corrected chi connectivity index (χ3v) is 4.19. The molecule has 1 aromatic rings. The minimum absolute atomic E-state index is 0.159. The Balaban J connectivity index is 2.07. The number of halogens is 1. The molecule has 0 aliphatic carbocycles. The number of nitrogens with one attached hydrogen (secondary N) is 1. The second-order valence-electron chi connectivity index (χ2n) is 5.67. The van der Waals surface area contributed by atoms with Crippen LogP contribution in [-0.4, -0.2) is 30.1 Å². The molecule has 2 rings (SSSR count). The fourth-order valence-corrected chi connectivity index (χ4v) is 2.97. The van der Waals surface area contributed by atoms with Crippen LogP contribution in [0.1, 0.15) is 45.2 Å². The Bertz CT molecular complexity index is 390. The van der Waals surface area contributed by atoms with Crippen LogP contribution in [0.25, 0.3) is 0 Å². The van der Waals surface area contributed by atoms with Gasteiger partial charge in [-0.1, -0.05) is 25.5 Å². The molecule has 1 saturated heterocycles. The molecule has 3 heteroatoms. The summed E-state index contributed by atoms with van der Waals surface area (Å²) in [7, 11) is 0. The first-order valence-corrected chi connectivity index (χ1v) is 7.36. The Morgan fingerprint density at radius 3 is 2.68 bits per heavy atom. The lowest BCUT2D eigenvalue weighted by Gasteiger charge is -2.42. The number of piperazine rings is 1. The van der Waals surface area contributed by atoms with Crippen molar-refractivity contribution in [2.75, 3.05) is 13.1 Å². The molecule has 0 saturated carbocycles. The second kappa shape index (κ2) is 6.49. The van der Waals surface area contributed by atoms with Crippen LogP contribution in [0.15, 0.2) is 24.3 Å². The highest BCUT2D eigenvalue weighted by atomic mass is 19.1. The molecule has 0 spiro atoms. The minimum Gasteiger partial charge on any atom is -0.311 e. The lowest BCUT2D eigenvalue weighted by Crippen LogP contribution is -2.55. The monoisotopic (exact) mass is 264 g/mol. The van der Waals surface area contributed by atoms with Gasteiger partial charge in [0, 0.05) is 31.2 Å². The second-order valence-corrected chi connectivity index (χ2v) is 5.67. The van der Waals surface area contributed by atoms with E-state index in [1.165, 1.54) is 18.4 Å². The number of hydrogen-bond acceptors (Lipinski definition) is 2. The maximum Gasteiger partial charge on any atom is 0.123 e. The van der Waals surface area contributed by atoms with E-state index in [0.29, 0.717) is 18.1 Å². The van der Waals surface area contributed by atoms with E-state index in [1.807, 2.05) is 12.1 Å². The van der Waals surface area contributed by atoms with Gasteiger partial charge in [-0.25, -0.2) is 4.39 Å². The van der Waals surface area contributed by atoms with Crippen LogP contribution >= 0.6 is 0 Å². The molecule has 0 bridgehead atoms. The summed E-state index contributed by atoms with van der Waals surface area (Å²) in [5, 5.41) is 3.61. The molecule has 0 aromatic heterocycles. The fraction of sp³-hybridized carbons (Fsp3) is 0.625. The van der Waals surface area contributed by atoms with Gasteiger partial charge in [0.05, 0.1) is 0 Å². The van der Waals surface area contributed by atoms with Crippen molar-refractivity contribution in [3.8, 4) is 0 Å². The van der Waals surface area contributed by atoms with Gasteiger partial charge in [0.25, 0.3) is 0 Å². The van der Waals surface area contributed by atoms with Gasteiger partial charge in [-0.15, -0.1) is 0 Å². The summed E-state index contributed by atoms with van der Waals surface area (Å²) >= 11 is 0. The first-order valence-electron chi connectivity index (χ1n) is 7.36. The fourth-order valence-electron chi connectivity index (χ4n) is 2.97. The SMILES string of the molecule is CCCC1CN(C(C)c2ccc(F)cc2)C(C)CN1. The van der Waals surface area contributed by atoms with E-state index in [4.69, 9.17) is 0 Å². The average Bonchev–Trinajstić information content (AvgIpc) is 2.41. The van der Waals surface area contributed by atoms with Gasteiger partial charge in [-0.05, 0) is 38.0 Å². The highest BCUT2D eigenvalue weighted by Crippen LogP contribution is 2.25. The summed E-state index contributed by atoms with van der Waals surface area (Å²) < 4.78 is 13.0. The maximum atomic E-state index is 13.0. The summed E-state index contributed by atoms with van der Waals surface area (Å²) in [6.07, 6.45) is 2.43. The third-order valence-electron chi connectivity index (χ3n) is 4.19. The Morgan fingerprint density at radius 2 is 2.05 bits per heavy atom. The molecule has 1 heterocycles. The summed E-state index contributed by atoms with van der Waals surface area (Å²) in [5.41, 5.74) is 1.20. The van der Waals surface area contributed by atoms with E-state index in [1.54, 1.807) is 12.1 Å². The van der Waals surface area contributed by atoms with Gasteiger partial charge in [-0.2, -0.15) is 0 Å². The number of nitrogens with zero attached hydrogens (tertiary/aromatic N) is 1. The molecule has 19 heavy (non-hydrogen) atoms. The van der Waals surface area contributed by atoms with Crippen molar-refractivity contribution in [3.63, 3.8) is 0 Å². The quantitative estimate of drug-likeness (QED) is 0.897. The van der Waals surface area contributed by atoms with Gasteiger partial charge in [-0.3, -0.25) is 4.90 Å². The Kier molecular flexibility index (Phi) is 4.94. The van der Waals surface area contributed by atoms with E-state index in [0.717, 1.165) is 13.1 Å². The summed E-state index contributed by atoms with van der Waals surface area (Å²) in [6.45, 7) is 8.82. The predicted octanol–water partition coefficient (Wildman–Crippen LogP) is 3.35. The zero-order chi connectivity index (χ0) is 13.8. The smallest absolute Gasteiger partial charge is 0.123 e. The first kappa shape index (κ1) is 14.5. The third kappa shape index (κ3) is 3.54. The summed E-state index contributed by atoms with van der Waals surface area (Å²) in [6, 6.07) is 8.38. The van der Waals surface area contributed by atoms with E-state index in [2.05, 4.69) is 31.0 Å². The lowest BCUT2D eigenvalue weighted by atomic mass is 10.00. The number of hydrogen-bond donors (Lipinski definition) is 1. The zero-order valence-electron chi connectivity index (χ0n) is 12.2. The molecular weight excluding hydrogens is 239 g/mol. The zero-order valence-corrected chi connectivity index (χ0v) is 12.2. The van der Waals surface area contributed by atoms with E-state index >= 15 is 0 Å². The van der Waals surface area contributed by atoms with E-state index < -0.39 is 0 Å². The minimum atomic E-state index is -0.159. The average molecular weight is 264 g/mol. The van der Waals surface area contributed by atoms with Gasteiger partial charge >= 0.3 is 0 Å². The molecule has 3 unspecified atom stereocenters. The molecular formula is C16H25FN2. The van der Waals surface area contributed by atoms with Crippen molar-refractivity contribution < 1.29 is 4.39 Å². The van der Waals surface area contributed by atoms with Gasteiger partial charge < -0.3 is 5.32 Å². The largest absolute Gasteiger partial charge is 0.311 e. The maximum absolute atomic E-state index is 13.0. The van der Waals surface area contributed by atoms with Crippen LogP contribution in [0.5, 0.6) is 0 Å². The molecule has 0 radical (unpaired) electrons. The van der Waals surface area contributed by atoms with Crippen LogP contribution in [0, 0.1) is 5.82 Å². The van der Waals surface area contributed by atoms with Crippen LogP contribution in [0.2, 0.25) is 0 Å². The van der Waals surface area contributed by atoms with Crippen LogP contribution in [0.4, 0.5) is 4.39 Å². The molecule has 2 nitrogen and oxygen atoms in total. The lowest BCUT2D eigenvalue weighted by molar-refractivity contribution is 0.0959. The molecule has 1 aliphatic heterocycles. The van der Waals surface area contributed by atoms with Crippen molar-refractivity contribution in [3.05, 3.63) is 35.6 Å². The summed E-state index contributed by atoms with van der Waals surface area (Å²) in [4.78, 5) is 2.53. The molecule has 106 valence electrons. The summed E-state index contributed by atoms with van der Waals surface area (Å²) in [5.74, 6) is -0.159. The number of rotatable bonds is 4. The van der Waals surface area contributed by atoms with Gasteiger partial charge in [0.1, 0.15) is 5.82 Å². The van der Waals surface area contributed by atoms with E-state index in [9.17, 15) is 4.39 Å². The highest BCUT2D eigenvalue weighted by Gasteiger charge is 2.28. The predicted molar refractivity (Wildman–Crippen MR) is 77.7 cm³/mol. The van der Waals surface area contributed by atoms with Crippen LogP contribution in [-0.2, 0) is 0 Å².